The van der Waals surface area contributed by atoms with Crippen molar-refractivity contribution in [3.05, 3.63) is 51.0 Å². The third kappa shape index (κ3) is 3.31. The lowest BCUT2D eigenvalue weighted by molar-refractivity contribution is -0.136. The van der Waals surface area contributed by atoms with Crippen LogP contribution in [0, 0.1) is 0 Å². The van der Waals surface area contributed by atoms with E-state index in [2.05, 4.69) is 14.8 Å². The third-order valence-corrected chi connectivity index (χ3v) is 1.93. The van der Waals surface area contributed by atoms with E-state index in [4.69, 9.17) is 17.1 Å². The summed E-state index contributed by atoms with van der Waals surface area (Å²) in [7, 11) is 1.21. The Morgan fingerprint density at radius 3 is 2.94 bits per heavy atom. The highest BCUT2D eigenvalue weighted by molar-refractivity contribution is 6.30. The minimum atomic E-state index is -0.697. The number of nitrogens with zero attached hydrogens (tertiary/aromatic N) is 3. The van der Waals surface area contributed by atoms with Crippen molar-refractivity contribution in [2.45, 2.75) is 0 Å². The van der Waals surface area contributed by atoms with Gasteiger partial charge in [-0.15, -0.1) is 0 Å². The summed E-state index contributed by atoms with van der Waals surface area (Å²) >= 11 is 5.77. The van der Waals surface area contributed by atoms with E-state index >= 15 is 0 Å². The highest BCUT2D eigenvalue weighted by Crippen LogP contribution is 2.14. The molecular formula is C10H8ClN3O2. The largest absolute Gasteiger partial charge is 0.466 e. The summed E-state index contributed by atoms with van der Waals surface area (Å²) < 4.78 is 4.46. The quantitative estimate of drug-likeness (QED) is 0.266. The first kappa shape index (κ1) is 12.1. The van der Waals surface area contributed by atoms with E-state index in [0.717, 1.165) is 0 Å². The van der Waals surface area contributed by atoms with Crippen molar-refractivity contribution < 1.29 is 9.53 Å². The van der Waals surface area contributed by atoms with Gasteiger partial charge in [-0.25, -0.2) is 4.79 Å². The second-order valence-corrected chi connectivity index (χ2v) is 3.20. The molecule has 0 fully saturated rings. The van der Waals surface area contributed by atoms with E-state index in [1.165, 1.54) is 13.2 Å². The van der Waals surface area contributed by atoms with Gasteiger partial charge in [0, 0.05) is 9.93 Å². The molecule has 0 N–H and O–H groups in total. The number of halogens is 1. The SMILES string of the molecule is COC(=O)/C(=C/c1cccc(Cl)c1)N=[N+]=[N-]. The van der Waals surface area contributed by atoms with Crippen LogP contribution in [-0.4, -0.2) is 13.1 Å². The van der Waals surface area contributed by atoms with Crippen molar-refractivity contribution in [3.63, 3.8) is 0 Å². The lowest BCUT2D eigenvalue weighted by Crippen LogP contribution is -2.01. The Hall–Kier alpha value is -1.97. The van der Waals surface area contributed by atoms with E-state index in [1.54, 1.807) is 24.3 Å². The maximum Gasteiger partial charge on any atom is 0.340 e. The molecule has 1 rings (SSSR count). The predicted molar refractivity (Wildman–Crippen MR) is 60.6 cm³/mol. The van der Waals surface area contributed by atoms with Crippen LogP contribution in [0.1, 0.15) is 5.56 Å². The van der Waals surface area contributed by atoms with Crippen molar-refractivity contribution in [3.8, 4) is 0 Å². The maximum atomic E-state index is 11.2. The second-order valence-electron chi connectivity index (χ2n) is 2.77. The summed E-state index contributed by atoms with van der Waals surface area (Å²) in [6.07, 6.45) is 1.40. The summed E-state index contributed by atoms with van der Waals surface area (Å²) in [5.41, 5.74) is 8.83. The molecule has 82 valence electrons. The van der Waals surface area contributed by atoms with Gasteiger partial charge in [-0.2, -0.15) is 0 Å². The fourth-order valence-corrected chi connectivity index (χ4v) is 1.23. The van der Waals surface area contributed by atoms with Crippen LogP contribution >= 0.6 is 11.6 Å². The van der Waals surface area contributed by atoms with Crippen molar-refractivity contribution in [1.29, 1.82) is 0 Å². The molecule has 0 aliphatic carbocycles. The molecular weight excluding hydrogens is 230 g/mol. The zero-order chi connectivity index (χ0) is 12.0. The topological polar surface area (TPSA) is 75.1 Å². The lowest BCUT2D eigenvalue weighted by Gasteiger charge is -1.99. The molecule has 6 heteroatoms. The summed E-state index contributed by atoms with van der Waals surface area (Å²) in [6, 6.07) is 6.78. The Labute approximate surface area is 96.9 Å². The smallest absolute Gasteiger partial charge is 0.340 e. The highest BCUT2D eigenvalue weighted by Gasteiger charge is 2.07. The van der Waals surface area contributed by atoms with Crippen LogP contribution in [-0.2, 0) is 9.53 Å². The number of carbonyl (C=O) groups excluding carboxylic acids is 1. The van der Waals surface area contributed by atoms with Gasteiger partial charge in [-0.05, 0) is 29.3 Å². The Kier molecular flexibility index (Phi) is 4.39. The predicted octanol–water partition coefficient (Wildman–Crippen LogP) is 3.16. The van der Waals surface area contributed by atoms with Crippen LogP contribution in [0.2, 0.25) is 5.02 Å². The summed E-state index contributed by atoms with van der Waals surface area (Å²) in [6.45, 7) is 0. The number of carbonyl (C=O) groups is 1. The molecule has 5 nitrogen and oxygen atoms in total. The van der Waals surface area contributed by atoms with Gasteiger partial charge in [0.15, 0.2) is 0 Å². The second kappa shape index (κ2) is 5.80. The average molecular weight is 238 g/mol. The van der Waals surface area contributed by atoms with Crippen LogP contribution in [0.4, 0.5) is 0 Å². The number of hydrogen-bond donors (Lipinski definition) is 0. The molecule has 0 spiro atoms. The summed E-state index contributed by atoms with van der Waals surface area (Å²) in [5.74, 6) is -0.697. The maximum absolute atomic E-state index is 11.2. The van der Waals surface area contributed by atoms with Crippen molar-refractivity contribution in [1.82, 2.24) is 0 Å². The molecule has 0 heterocycles. The molecule has 0 aliphatic heterocycles. The van der Waals surface area contributed by atoms with Gasteiger partial charge in [-0.1, -0.05) is 28.8 Å². The van der Waals surface area contributed by atoms with E-state index in [0.29, 0.717) is 10.6 Å². The standard InChI is InChI=1S/C10H8ClN3O2/c1-16-10(15)9(13-14-12)6-7-3-2-4-8(11)5-7/h2-6H,1H3/b9-6-. The fourth-order valence-electron chi connectivity index (χ4n) is 1.04. The van der Waals surface area contributed by atoms with Crippen molar-refractivity contribution in [2.24, 2.45) is 5.11 Å². The average Bonchev–Trinajstić information content (AvgIpc) is 2.27. The molecule has 1 aromatic rings. The first-order valence-electron chi connectivity index (χ1n) is 4.28. The molecule has 16 heavy (non-hydrogen) atoms. The number of methoxy groups -OCH3 is 1. The molecule has 0 aliphatic rings. The normalized spacial score (nSPS) is 10.5. The molecule has 0 saturated carbocycles. The van der Waals surface area contributed by atoms with E-state index in [9.17, 15) is 4.79 Å². The van der Waals surface area contributed by atoms with Crippen molar-refractivity contribution >= 4 is 23.6 Å². The zero-order valence-electron chi connectivity index (χ0n) is 8.42. The van der Waals surface area contributed by atoms with Crippen LogP contribution in [0.15, 0.2) is 35.1 Å². The van der Waals surface area contributed by atoms with Gasteiger partial charge < -0.3 is 4.74 Å². The molecule has 0 saturated heterocycles. The molecule has 0 atom stereocenters. The van der Waals surface area contributed by atoms with Gasteiger partial charge in [0.1, 0.15) is 5.70 Å². The van der Waals surface area contributed by atoms with E-state index in [1.807, 2.05) is 0 Å². The number of rotatable bonds is 3. The molecule has 0 radical (unpaired) electrons. The Morgan fingerprint density at radius 1 is 1.62 bits per heavy atom. The molecule has 0 aromatic heterocycles. The van der Waals surface area contributed by atoms with Gasteiger partial charge in [0.25, 0.3) is 0 Å². The Morgan fingerprint density at radius 2 is 2.38 bits per heavy atom. The minimum Gasteiger partial charge on any atom is -0.466 e. The van der Waals surface area contributed by atoms with Gasteiger partial charge in [0.2, 0.25) is 0 Å². The monoisotopic (exact) mass is 237 g/mol. The van der Waals surface area contributed by atoms with E-state index < -0.39 is 5.97 Å². The van der Waals surface area contributed by atoms with Gasteiger partial charge in [0.05, 0.1) is 7.11 Å². The lowest BCUT2D eigenvalue weighted by atomic mass is 10.2. The number of benzene rings is 1. The fraction of sp³-hybridized carbons (Fsp3) is 0.100. The number of esters is 1. The molecule has 0 amide bonds. The van der Waals surface area contributed by atoms with Gasteiger partial charge in [-0.3, -0.25) is 0 Å². The Bertz CT molecular complexity index is 479. The first-order chi connectivity index (χ1) is 7.67. The first-order valence-corrected chi connectivity index (χ1v) is 4.66. The van der Waals surface area contributed by atoms with Crippen LogP contribution < -0.4 is 0 Å². The molecule has 0 bridgehead atoms. The third-order valence-electron chi connectivity index (χ3n) is 1.70. The van der Waals surface area contributed by atoms with Gasteiger partial charge >= 0.3 is 5.97 Å². The van der Waals surface area contributed by atoms with Crippen molar-refractivity contribution in [2.75, 3.05) is 7.11 Å². The molecule has 1 aromatic carbocycles. The number of hydrogen-bond acceptors (Lipinski definition) is 3. The van der Waals surface area contributed by atoms with Crippen LogP contribution in [0.5, 0.6) is 0 Å². The molecule has 0 unspecified atom stereocenters. The number of ether oxygens (including phenoxy) is 1. The minimum absolute atomic E-state index is 0.118. The highest BCUT2D eigenvalue weighted by atomic mass is 35.5. The van der Waals surface area contributed by atoms with E-state index in [-0.39, 0.29) is 5.70 Å². The van der Waals surface area contributed by atoms with Crippen LogP contribution in [0.3, 0.4) is 0 Å². The zero-order valence-corrected chi connectivity index (χ0v) is 9.18. The van der Waals surface area contributed by atoms with Crippen LogP contribution in [0.25, 0.3) is 16.5 Å². The summed E-state index contributed by atoms with van der Waals surface area (Å²) in [5, 5.41) is 3.77. The summed E-state index contributed by atoms with van der Waals surface area (Å²) in [4.78, 5) is 13.7. The Balaban J connectivity index is 3.11. The number of azide groups is 1.